The number of ether oxygens (including phenoxy) is 1. The maximum absolute atomic E-state index is 13.8. The highest BCUT2D eigenvalue weighted by Gasteiger charge is 2.38. The number of nitrogens with two attached hydrogens (primary N) is 1. The Bertz CT molecular complexity index is 747. The molecule has 1 fully saturated rings. The summed E-state index contributed by atoms with van der Waals surface area (Å²) in [5.41, 5.74) is 0.335. The van der Waals surface area contributed by atoms with Gasteiger partial charge in [-0.1, -0.05) is 0 Å². The summed E-state index contributed by atoms with van der Waals surface area (Å²) in [4.78, 5) is 24.7. The first-order chi connectivity index (χ1) is 10.1. The Balaban J connectivity index is 2.45. The summed E-state index contributed by atoms with van der Waals surface area (Å²) in [6, 6.07) is 2.28. The number of carbonyl (C=O) groups is 2. The van der Waals surface area contributed by atoms with Crippen LogP contribution in [0.25, 0.3) is 0 Å². The molecule has 0 saturated carbocycles. The van der Waals surface area contributed by atoms with Crippen LogP contribution < -0.4 is 10.0 Å². The summed E-state index contributed by atoms with van der Waals surface area (Å²) in [6.07, 6.45) is -0.247. The summed E-state index contributed by atoms with van der Waals surface area (Å²) in [6.45, 7) is 1.42. The van der Waals surface area contributed by atoms with Crippen LogP contribution in [0.15, 0.2) is 12.1 Å². The highest BCUT2D eigenvalue weighted by Crippen LogP contribution is 2.29. The maximum atomic E-state index is 13.8. The first kappa shape index (κ1) is 16.4. The van der Waals surface area contributed by atoms with Crippen molar-refractivity contribution in [2.75, 3.05) is 18.6 Å². The topological polar surface area (TPSA) is 107 Å². The second kappa shape index (κ2) is 5.65. The summed E-state index contributed by atoms with van der Waals surface area (Å²) in [5.74, 6) is -2.11. The molecule has 0 aliphatic carbocycles. The van der Waals surface area contributed by atoms with E-state index in [2.05, 4.69) is 4.74 Å². The molecule has 22 heavy (non-hydrogen) atoms. The van der Waals surface area contributed by atoms with Crippen molar-refractivity contribution in [3.8, 4) is 0 Å². The fourth-order valence-corrected chi connectivity index (χ4v) is 3.08. The van der Waals surface area contributed by atoms with Crippen LogP contribution in [-0.4, -0.2) is 39.2 Å². The van der Waals surface area contributed by atoms with E-state index in [0.29, 0.717) is 5.56 Å². The number of hydrogen-bond acceptors (Lipinski definition) is 5. The second-order valence-corrected chi connectivity index (χ2v) is 6.87. The maximum Gasteiger partial charge on any atom is 0.340 e. The Morgan fingerprint density at radius 3 is 2.59 bits per heavy atom. The van der Waals surface area contributed by atoms with Gasteiger partial charge in [0.25, 0.3) is 0 Å². The third-order valence-corrected chi connectivity index (χ3v) is 4.78. The molecule has 1 saturated heterocycles. The SMILES string of the molecule is COC(=O)c1cc(N2CC(S(N)(=O)=O)CC2=O)c(C)cc1F. The van der Waals surface area contributed by atoms with Gasteiger partial charge >= 0.3 is 5.97 Å². The van der Waals surface area contributed by atoms with E-state index in [9.17, 15) is 22.4 Å². The lowest BCUT2D eigenvalue weighted by atomic mass is 10.1. The van der Waals surface area contributed by atoms with Gasteiger partial charge in [-0.3, -0.25) is 4.79 Å². The van der Waals surface area contributed by atoms with Crippen molar-refractivity contribution >= 4 is 27.6 Å². The Morgan fingerprint density at radius 1 is 1.45 bits per heavy atom. The van der Waals surface area contributed by atoms with Gasteiger partial charge < -0.3 is 9.64 Å². The molecule has 7 nitrogen and oxygen atoms in total. The van der Waals surface area contributed by atoms with E-state index in [0.717, 1.165) is 13.2 Å². The number of hydrogen-bond donors (Lipinski definition) is 1. The van der Waals surface area contributed by atoms with Crippen molar-refractivity contribution in [2.45, 2.75) is 18.6 Å². The number of aryl methyl sites for hydroxylation is 1. The fourth-order valence-electron chi connectivity index (χ4n) is 2.35. The molecular formula is C13H15FN2O5S. The van der Waals surface area contributed by atoms with Crippen molar-refractivity contribution in [2.24, 2.45) is 5.14 Å². The first-order valence-corrected chi connectivity index (χ1v) is 7.96. The Kier molecular flexibility index (Phi) is 4.21. The Hall–Kier alpha value is -2.00. The minimum Gasteiger partial charge on any atom is -0.465 e. The number of halogens is 1. The minimum absolute atomic E-state index is 0.134. The number of anilines is 1. The quantitative estimate of drug-likeness (QED) is 0.803. The lowest BCUT2D eigenvalue weighted by Crippen LogP contribution is -2.32. The van der Waals surface area contributed by atoms with Gasteiger partial charge in [-0.25, -0.2) is 22.7 Å². The number of nitrogens with zero attached hydrogens (tertiary/aromatic N) is 1. The molecule has 9 heteroatoms. The normalized spacial score (nSPS) is 18.6. The third kappa shape index (κ3) is 2.95. The highest BCUT2D eigenvalue weighted by molar-refractivity contribution is 7.89. The van der Waals surface area contributed by atoms with E-state index in [1.165, 1.54) is 11.0 Å². The largest absolute Gasteiger partial charge is 0.465 e. The molecule has 0 aromatic heterocycles. The van der Waals surface area contributed by atoms with Crippen molar-refractivity contribution in [3.05, 3.63) is 29.1 Å². The second-order valence-electron chi connectivity index (χ2n) is 5.03. The zero-order valence-electron chi connectivity index (χ0n) is 12.0. The minimum atomic E-state index is -3.86. The van der Waals surface area contributed by atoms with E-state index >= 15 is 0 Å². The predicted molar refractivity (Wildman–Crippen MR) is 76.3 cm³/mol. The molecule has 1 aromatic carbocycles. The smallest absolute Gasteiger partial charge is 0.340 e. The van der Waals surface area contributed by atoms with Gasteiger partial charge in [-0.05, 0) is 24.6 Å². The predicted octanol–water partition coefficient (Wildman–Crippen LogP) is 0.315. The molecule has 2 rings (SSSR count). The molecule has 2 N–H and O–H groups in total. The number of amides is 1. The average Bonchev–Trinajstić information content (AvgIpc) is 2.80. The average molecular weight is 330 g/mol. The van der Waals surface area contributed by atoms with E-state index in [1.54, 1.807) is 6.92 Å². The van der Waals surface area contributed by atoms with E-state index in [4.69, 9.17) is 5.14 Å². The number of carbonyl (C=O) groups excluding carboxylic acids is 2. The van der Waals surface area contributed by atoms with Crippen LogP contribution in [0, 0.1) is 12.7 Å². The third-order valence-electron chi connectivity index (χ3n) is 3.54. The molecule has 1 unspecified atom stereocenters. The molecule has 0 spiro atoms. The number of sulfonamides is 1. The van der Waals surface area contributed by atoms with Crippen LogP contribution >= 0.6 is 0 Å². The van der Waals surface area contributed by atoms with Crippen LogP contribution in [-0.2, 0) is 19.6 Å². The number of primary sulfonamides is 1. The molecule has 1 heterocycles. The number of methoxy groups -OCH3 is 1. The summed E-state index contributed by atoms with van der Waals surface area (Å²) >= 11 is 0. The molecule has 0 bridgehead atoms. The summed E-state index contributed by atoms with van der Waals surface area (Å²) < 4.78 is 41.0. The van der Waals surface area contributed by atoms with Crippen molar-refractivity contribution < 1.29 is 27.1 Å². The molecule has 1 aromatic rings. The van der Waals surface area contributed by atoms with Gasteiger partial charge in [0.15, 0.2) is 0 Å². The molecule has 0 radical (unpaired) electrons. The molecule has 1 atom stereocenters. The van der Waals surface area contributed by atoms with Gasteiger partial charge in [-0.15, -0.1) is 0 Å². The molecule has 1 aliphatic heterocycles. The Labute approximate surface area is 126 Å². The van der Waals surface area contributed by atoms with Crippen LogP contribution in [0.2, 0.25) is 0 Å². The lowest BCUT2D eigenvalue weighted by molar-refractivity contribution is -0.117. The summed E-state index contributed by atoms with van der Waals surface area (Å²) in [7, 11) is -2.75. The number of rotatable bonds is 3. The Morgan fingerprint density at radius 2 is 2.09 bits per heavy atom. The zero-order chi connectivity index (χ0) is 16.7. The van der Waals surface area contributed by atoms with Crippen LogP contribution in [0.5, 0.6) is 0 Å². The van der Waals surface area contributed by atoms with Crippen LogP contribution in [0.4, 0.5) is 10.1 Å². The number of esters is 1. The van der Waals surface area contributed by atoms with Crippen LogP contribution in [0.3, 0.4) is 0 Å². The molecular weight excluding hydrogens is 315 g/mol. The lowest BCUT2D eigenvalue weighted by Gasteiger charge is -2.20. The standard InChI is InChI=1S/C13H15FN2O5S/c1-7-3-10(14)9(13(18)21-2)5-11(7)16-6-8(4-12(16)17)22(15,19)20/h3,5,8H,4,6H2,1-2H3,(H2,15,19,20). The zero-order valence-corrected chi connectivity index (χ0v) is 12.8. The highest BCUT2D eigenvalue weighted by atomic mass is 32.2. The molecule has 1 aliphatic rings. The summed E-state index contributed by atoms with van der Waals surface area (Å²) in [5, 5.41) is 4.04. The van der Waals surface area contributed by atoms with Gasteiger partial charge in [0.1, 0.15) is 11.1 Å². The van der Waals surface area contributed by atoms with E-state index in [1.807, 2.05) is 0 Å². The van der Waals surface area contributed by atoms with E-state index < -0.39 is 33.0 Å². The van der Waals surface area contributed by atoms with Crippen molar-refractivity contribution in [1.29, 1.82) is 0 Å². The van der Waals surface area contributed by atoms with Gasteiger partial charge in [0.2, 0.25) is 15.9 Å². The van der Waals surface area contributed by atoms with Gasteiger partial charge in [-0.2, -0.15) is 0 Å². The first-order valence-electron chi connectivity index (χ1n) is 6.35. The van der Waals surface area contributed by atoms with Gasteiger partial charge in [0.05, 0.1) is 12.7 Å². The monoisotopic (exact) mass is 330 g/mol. The van der Waals surface area contributed by atoms with Crippen LogP contribution in [0.1, 0.15) is 22.3 Å². The van der Waals surface area contributed by atoms with E-state index in [-0.39, 0.29) is 24.2 Å². The fraction of sp³-hybridized carbons (Fsp3) is 0.385. The van der Waals surface area contributed by atoms with Crippen molar-refractivity contribution in [1.82, 2.24) is 0 Å². The van der Waals surface area contributed by atoms with Crippen molar-refractivity contribution in [3.63, 3.8) is 0 Å². The molecule has 120 valence electrons. The number of benzene rings is 1. The molecule has 1 amide bonds. The van der Waals surface area contributed by atoms with Gasteiger partial charge in [0, 0.05) is 18.7 Å².